The molecule has 2 saturated heterocycles. The average Bonchev–Trinajstić information content (AvgIpc) is 3.10. The minimum Gasteiger partial charge on any atom is -0.394 e. The number of hydrogen-bond acceptors (Lipinski definition) is 3. The second-order valence-corrected chi connectivity index (χ2v) is 5.97. The van der Waals surface area contributed by atoms with Gasteiger partial charge in [-0.25, -0.2) is 0 Å². The fourth-order valence-corrected chi connectivity index (χ4v) is 3.48. The van der Waals surface area contributed by atoms with Gasteiger partial charge in [-0.2, -0.15) is 0 Å². The molecule has 1 aromatic carbocycles. The molecule has 0 saturated carbocycles. The highest BCUT2D eigenvalue weighted by atomic mass is 16.3. The molecule has 108 valence electrons. The van der Waals surface area contributed by atoms with Gasteiger partial charge >= 0.3 is 0 Å². The van der Waals surface area contributed by atoms with Crippen molar-refractivity contribution < 1.29 is 9.90 Å². The van der Waals surface area contributed by atoms with E-state index >= 15 is 0 Å². The summed E-state index contributed by atoms with van der Waals surface area (Å²) in [6.45, 7) is -0.0190. The van der Waals surface area contributed by atoms with E-state index in [0.29, 0.717) is 18.5 Å². The number of rotatable bonds is 5. The number of carbonyl (C=O) groups excluding carboxylic acids is 1. The molecule has 2 bridgehead atoms. The third-order valence-electron chi connectivity index (χ3n) is 4.53. The van der Waals surface area contributed by atoms with Crippen molar-refractivity contribution in [3.8, 4) is 0 Å². The van der Waals surface area contributed by atoms with Crippen LogP contribution in [0.15, 0.2) is 30.3 Å². The minimum absolute atomic E-state index is 0.0190. The van der Waals surface area contributed by atoms with Crippen LogP contribution in [-0.4, -0.2) is 35.7 Å². The third-order valence-corrected chi connectivity index (χ3v) is 4.53. The average molecular weight is 274 g/mol. The van der Waals surface area contributed by atoms with Crippen molar-refractivity contribution in [1.29, 1.82) is 0 Å². The Balaban J connectivity index is 1.56. The first-order valence-electron chi connectivity index (χ1n) is 7.47. The molecule has 20 heavy (non-hydrogen) atoms. The zero-order valence-corrected chi connectivity index (χ0v) is 11.6. The highest BCUT2D eigenvalue weighted by Crippen LogP contribution is 2.33. The molecule has 0 aliphatic carbocycles. The van der Waals surface area contributed by atoms with Crippen molar-refractivity contribution in [3.63, 3.8) is 0 Å². The molecule has 4 atom stereocenters. The molecular weight excluding hydrogens is 252 g/mol. The molecule has 3 rings (SSSR count). The van der Waals surface area contributed by atoms with Gasteiger partial charge in [0.05, 0.1) is 18.6 Å². The monoisotopic (exact) mass is 274 g/mol. The fourth-order valence-electron chi connectivity index (χ4n) is 3.48. The number of aliphatic hydroxyl groups excluding tert-OH is 1. The van der Waals surface area contributed by atoms with E-state index in [1.165, 1.54) is 6.42 Å². The van der Waals surface area contributed by atoms with Crippen LogP contribution in [-0.2, 0) is 11.2 Å². The lowest BCUT2D eigenvalue weighted by molar-refractivity contribution is -0.126. The zero-order chi connectivity index (χ0) is 13.9. The summed E-state index contributed by atoms with van der Waals surface area (Å²) >= 11 is 0. The SMILES string of the molecule is O=C(N[C@@H](CO)Cc1ccccc1)C1CC2CCC1N2. The van der Waals surface area contributed by atoms with Gasteiger partial charge in [-0.05, 0) is 31.2 Å². The Morgan fingerprint density at radius 2 is 2.15 bits per heavy atom. The topological polar surface area (TPSA) is 61.4 Å². The van der Waals surface area contributed by atoms with Crippen LogP contribution >= 0.6 is 0 Å². The maximum absolute atomic E-state index is 12.3. The van der Waals surface area contributed by atoms with Crippen molar-refractivity contribution >= 4 is 5.91 Å². The lowest BCUT2D eigenvalue weighted by Crippen LogP contribution is -2.45. The van der Waals surface area contributed by atoms with Crippen molar-refractivity contribution in [2.45, 2.75) is 43.8 Å². The summed E-state index contributed by atoms with van der Waals surface area (Å²) in [5.41, 5.74) is 1.14. The van der Waals surface area contributed by atoms with Crippen molar-refractivity contribution in [2.24, 2.45) is 5.92 Å². The highest BCUT2D eigenvalue weighted by Gasteiger charge is 2.42. The first-order chi connectivity index (χ1) is 9.76. The Morgan fingerprint density at radius 3 is 2.75 bits per heavy atom. The number of hydrogen-bond donors (Lipinski definition) is 3. The Morgan fingerprint density at radius 1 is 1.35 bits per heavy atom. The number of fused-ring (bicyclic) bond motifs is 2. The molecule has 0 spiro atoms. The van der Waals surface area contributed by atoms with Crippen LogP contribution in [0.4, 0.5) is 0 Å². The molecule has 1 amide bonds. The van der Waals surface area contributed by atoms with Gasteiger partial charge < -0.3 is 15.7 Å². The van der Waals surface area contributed by atoms with Crippen LogP contribution in [0.2, 0.25) is 0 Å². The Bertz CT molecular complexity index is 463. The van der Waals surface area contributed by atoms with Crippen LogP contribution in [0.5, 0.6) is 0 Å². The van der Waals surface area contributed by atoms with E-state index in [0.717, 1.165) is 18.4 Å². The molecule has 0 aromatic heterocycles. The van der Waals surface area contributed by atoms with Gasteiger partial charge in [0, 0.05) is 12.1 Å². The van der Waals surface area contributed by atoms with Gasteiger partial charge in [0.15, 0.2) is 0 Å². The zero-order valence-electron chi connectivity index (χ0n) is 11.6. The molecule has 2 aliphatic rings. The number of benzene rings is 1. The van der Waals surface area contributed by atoms with Crippen LogP contribution in [0.25, 0.3) is 0 Å². The smallest absolute Gasteiger partial charge is 0.225 e. The van der Waals surface area contributed by atoms with E-state index in [1.807, 2.05) is 30.3 Å². The van der Waals surface area contributed by atoms with Crippen LogP contribution in [0.1, 0.15) is 24.8 Å². The van der Waals surface area contributed by atoms with E-state index in [-0.39, 0.29) is 24.5 Å². The van der Waals surface area contributed by atoms with E-state index in [1.54, 1.807) is 0 Å². The molecule has 0 radical (unpaired) electrons. The molecule has 3 N–H and O–H groups in total. The van der Waals surface area contributed by atoms with Crippen LogP contribution in [0.3, 0.4) is 0 Å². The number of carbonyl (C=O) groups is 1. The third kappa shape index (κ3) is 2.86. The van der Waals surface area contributed by atoms with Crippen molar-refractivity contribution in [3.05, 3.63) is 35.9 Å². The summed E-state index contributed by atoms with van der Waals surface area (Å²) in [4.78, 5) is 12.3. The normalized spacial score (nSPS) is 29.4. The number of aliphatic hydroxyl groups is 1. The second kappa shape index (κ2) is 5.94. The first-order valence-corrected chi connectivity index (χ1v) is 7.47. The van der Waals surface area contributed by atoms with Crippen LogP contribution < -0.4 is 10.6 Å². The fraction of sp³-hybridized carbons (Fsp3) is 0.562. The Hall–Kier alpha value is -1.39. The molecular formula is C16H22N2O2. The van der Waals surface area contributed by atoms with Crippen molar-refractivity contribution in [2.75, 3.05) is 6.61 Å². The first kappa shape index (κ1) is 13.6. The molecule has 1 aromatic rings. The van der Waals surface area contributed by atoms with E-state index in [4.69, 9.17) is 0 Å². The molecule has 3 unspecified atom stereocenters. The summed E-state index contributed by atoms with van der Waals surface area (Å²) in [7, 11) is 0. The van der Waals surface area contributed by atoms with Crippen molar-refractivity contribution in [1.82, 2.24) is 10.6 Å². The molecule has 4 nitrogen and oxygen atoms in total. The molecule has 2 heterocycles. The van der Waals surface area contributed by atoms with Gasteiger partial charge in [-0.15, -0.1) is 0 Å². The number of amides is 1. The Labute approximate surface area is 119 Å². The maximum atomic E-state index is 12.3. The van der Waals surface area contributed by atoms with Gasteiger partial charge in [0.1, 0.15) is 0 Å². The minimum atomic E-state index is -0.191. The lowest BCUT2D eigenvalue weighted by atomic mass is 9.88. The predicted octanol–water partition coefficient (Wildman–Crippen LogP) is 0.847. The second-order valence-electron chi connectivity index (χ2n) is 5.97. The largest absolute Gasteiger partial charge is 0.394 e. The standard InChI is InChI=1S/C16H22N2O2/c19-10-13(8-11-4-2-1-3-5-11)18-16(20)14-9-12-6-7-15(14)17-12/h1-5,12-15,17,19H,6-10H2,(H,18,20)/t12?,13-,14?,15?/m1/s1. The van der Waals surface area contributed by atoms with Crippen LogP contribution in [0, 0.1) is 5.92 Å². The molecule has 2 fully saturated rings. The highest BCUT2D eigenvalue weighted by molar-refractivity contribution is 5.80. The predicted molar refractivity (Wildman–Crippen MR) is 77.2 cm³/mol. The van der Waals surface area contributed by atoms with E-state index in [2.05, 4.69) is 10.6 Å². The Kier molecular flexibility index (Phi) is 4.03. The van der Waals surface area contributed by atoms with Gasteiger partial charge in [0.25, 0.3) is 0 Å². The molecule has 2 aliphatic heterocycles. The van der Waals surface area contributed by atoms with E-state index < -0.39 is 0 Å². The number of nitrogens with one attached hydrogen (secondary N) is 2. The summed E-state index contributed by atoms with van der Waals surface area (Å²) < 4.78 is 0. The van der Waals surface area contributed by atoms with E-state index in [9.17, 15) is 9.90 Å². The quantitative estimate of drug-likeness (QED) is 0.746. The molecule has 4 heteroatoms. The summed E-state index contributed by atoms with van der Waals surface area (Å²) in [6, 6.07) is 10.6. The summed E-state index contributed by atoms with van der Waals surface area (Å²) in [5, 5.41) is 16.0. The van der Waals surface area contributed by atoms with Gasteiger partial charge in [0.2, 0.25) is 5.91 Å². The van der Waals surface area contributed by atoms with Gasteiger partial charge in [-0.1, -0.05) is 30.3 Å². The lowest BCUT2D eigenvalue weighted by Gasteiger charge is -2.23. The summed E-state index contributed by atoms with van der Waals surface area (Å²) in [6.07, 6.45) is 3.92. The van der Waals surface area contributed by atoms with Gasteiger partial charge in [-0.3, -0.25) is 4.79 Å². The summed E-state index contributed by atoms with van der Waals surface area (Å²) in [5.74, 6) is 0.179. The maximum Gasteiger partial charge on any atom is 0.225 e.